The Labute approximate surface area is 136 Å². The van der Waals surface area contributed by atoms with Crippen molar-refractivity contribution in [2.24, 2.45) is 0 Å². The maximum Gasteiger partial charge on any atom is 0.230 e. The molecule has 2 aromatic rings. The van der Waals surface area contributed by atoms with Gasteiger partial charge in [0.1, 0.15) is 0 Å². The number of hydrogen-bond acceptors (Lipinski definition) is 3. The first-order valence-electron chi connectivity index (χ1n) is 5.96. The minimum atomic E-state index is 0.0116. The van der Waals surface area contributed by atoms with Crippen LogP contribution in [0.4, 0.5) is 0 Å². The van der Waals surface area contributed by atoms with E-state index in [1.54, 1.807) is 35.2 Å². The summed E-state index contributed by atoms with van der Waals surface area (Å²) < 4.78 is 0. The molecule has 2 rings (SSSR count). The van der Waals surface area contributed by atoms with E-state index in [1.165, 1.54) is 4.88 Å². The van der Waals surface area contributed by atoms with E-state index in [0.29, 0.717) is 22.3 Å². The quantitative estimate of drug-likeness (QED) is 0.828. The van der Waals surface area contributed by atoms with E-state index in [2.05, 4.69) is 11.4 Å². The summed E-state index contributed by atoms with van der Waals surface area (Å²) in [6.45, 7) is 0.425. The highest BCUT2D eigenvalue weighted by Gasteiger charge is 2.05. The van der Waals surface area contributed by atoms with Crippen LogP contribution in [0.3, 0.4) is 0 Å². The molecule has 0 saturated heterocycles. The summed E-state index contributed by atoms with van der Waals surface area (Å²) >= 11 is 15.2. The van der Waals surface area contributed by atoms with Crippen molar-refractivity contribution in [1.29, 1.82) is 0 Å². The number of hydrogen-bond donors (Lipinski definition) is 1. The summed E-state index contributed by atoms with van der Waals surface area (Å²) in [5, 5.41) is 6.06. The molecule has 1 amide bonds. The van der Waals surface area contributed by atoms with Crippen molar-refractivity contribution in [3.05, 3.63) is 56.2 Å². The lowest BCUT2D eigenvalue weighted by molar-refractivity contribution is -0.118. The second-order valence-corrected chi connectivity index (χ2v) is 6.95. The van der Waals surface area contributed by atoms with Crippen LogP contribution in [0.25, 0.3) is 0 Å². The molecule has 0 bridgehead atoms. The zero-order valence-electron chi connectivity index (χ0n) is 10.6. The van der Waals surface area contributed by atoms with E-state index in [4.69, 9.17) is 23.2 Å². The minimum Gasteiger partial charge on any atom is -0.351 e. The zero-order valence-corrected chi connectivity index (χ0v) is 13.7. The Hall–Kier alpha value is -0.680. The molecular formula is C14H13Cl2NOS2. The Bertz CT molecular complexity index is 573. The molecule has 0 fully saturated rings. The second kappa shape index (κ2) is 7.93. The predicted molar refractivity (Wildman–Crippen MR) is 88.8 cm³/mol. The van der Waals surface area contributed by atoms with Gasteiger partial charge < -0.3 is 5.32 Å². The average molecular weight is 346 g/mol. The fraction of sp³-hybridized carbons (Fsp3) is 0.214. The van der Waals surface area contributed by atoms with Crippen LogP contribution in [-0.4, -0.2) is 11.7 Å². The van der Waals surface area contributed by atoms with Gasteiger partial charge in [0.15, 0.2) is 0 Å². The van der Waals surface area contributed by atoms with E-state index in [1.807, 2.05) is 17.5 Å². The predicted octanol–water partition coefficient (Wildman–Crippen LogP) is 4.60. The van der Waals surface area contributed by atoms with Gasteiger partial charge in [-0.05, 0) is 29.1 Å². The first kappa shape index (κ1) is 15.7. The van der Waals surface area contributed by atoms with Crippen molar-refractivity contribution in [2.75, 3.05) is 5.75 Å². The fourth-order valence-corrected chi connectivity index (χ4v) is 3.72. The van der Waals surface area contributed by atoms with Gasteiger partial charge >= 0.3 is 0 Å². The average Bonchev–Trinajstić information content (AvgIpc) is 2.91. The summed E-state index contributed by atoms with van der Waals surface area (Å²) in [7, 11) is 0. The van der Waals surface area contributed by atoms with Crippen LogP contribution < -0.4 is 5.32 Å². The molecule has 0 aliphatic heterocycles. The lowest BCUT2D eigenvalue weighted by Gasteiger charge is -2.07. The molecule has 0 aliphatic rings. The third-order valence-electron chi connectivity index (χ3n) is 2.55. The van der Waals surface area contributed by atoms with E-state index < -0.39 is 0 Å². The Balaban J connectivity index is 1.72. The number of benzene rings is 1. The second-order valence-electron chi connectivity index (χ2n) is 4.08. The van der Waals surface area contributed by atoms with Gasteiger partial charge in [0.2, 0.25) is 5.91 Å². The monoisotopic (exact) mass is 345 g/mol. The Morgan fingerprint density at radius 2 is 2.15 bits per heavy atom. The van der Waals surface area contributed by atoms with Crippen LogP contribution in [0.2, 0.25) is 10.0 Å². The van der Waals surface area contributed by atoms with Crippen LogP contribution >= 0.6 is 46.3 Å². The topological polar surface area (TPSA) is 29.1 Å². The molecule has 0 aliphatic carbocycles. The van der Waals surface area contributed by atoms with Gasteiger partial charge in [-0.15, -0.1) is 23.1 Å². The van der Waals surface area contributed by atoms with Crippen LogP contribution in [-0.2, 0) is 17.1 Å². The highest BCUT2D eigenvalue weighted by atomic mass is 35.5. The largest absolute Gasteiger partial charge is 0.351 e. The Kier molecular flexibility index (Phi) is 6.23. The van der Waals surface area contributed by atoms with Crippen molar-refractivity contribution in [1.82, 2.24) is 5.32 Å². The van der Waals surface area contributed by atoms with Gasteiger partial charge in [-0.1, -0.05) is 35.3 Å². The van der Waals surface area contributed by atoms with E-state index in [0.717, 1.165) is 11.3 Å². The first-order valence-corrected chi connectivity index (χ1v) is 8.75. The Morgan fingerprint density at radius 1 is 1.30 bits per heavy atom. The normalized spacial score (nSPS) is 10.5. The minimum absolute atomic E-state index is 0.0116. The van der Waals surface area contributed by atoms with Crippen molar-refractivity contribution in [3.63, 3.8) is 0 Å². The van der Waals surface area contributed by atoms with Crippen molar-refractivity contribution in [2.45, 2.75) is 12.3 Å². The molecule has 0 atom stereocenters. The van der Waals surface area contributed by atoms with Gasteiger partial charge in [0, 0.05) is 27.2 Å². The maximum atomic E-state index is 11.7. The Morgan fingerprint density at radius 3 is 2.85 bits per heavy atom. The van der Waals surface area contributed by atoms with Crippen LogP contribution in [0.1, 0.15) is 10.4 Å². The first-order chi connectivity index (χ1) is 9.65. The van der Waals surface area contributed by atoms with Gasteiger partial charge in [-0.3, -0.25) is 4.79 Å². The molecule has 0 spiro atoms. The number of nitrogens with one attached hydrogen (secondary N) is 1. The molecule has 0 saturated carbocycles. The zero-order chi connectivity index (χ0) is 14.4. The number of carbonyl (C=O) groups excluding carboxylic acids is 1. The number of amides is 1. The SMILES string of the molecule is O=C(CSCc1cccs1)NCc1ccc(Cl)cc1Cl. The standard InChI is InChI=1S/C14H13Cl2NOS2/c15-11-4-3-10(13(16)6-11)7-17-14(18)9-19-8-12-2-1-5-20-12/h1-6H,7-9H2,(H,17,18). The molecule has 106 valence electrons. The third-order valence-corrected chi connectivity index (χ3v) is 5.18. The van der Waals surface area contributed by atoms with Crippen molar-refractivity contribution < 1.29 is 4.79 Å². The summed E-state index contributed by atoms with van der Waals surface area (Å²) in [6.07, 6.45) is 0. The molecule has 1 N–H and O–H groups in total. The highest BCUT2D eigenvalue weighted by Crippen LogP contribution is 2.21. The highest BCUT2D eigenvalue weighted by molar-refractivity contribution is 7.99. The molecule has 0 unspecified atom stereocenters. The summed E-state index contributed by atoms with van der Waals surface area (Å²) in [5.41, 5.74) is 0.868. The molecule has 6 heteroatoms. The van der Waals surface area contributed by atoms with Gasteiger partial charge in [0.25, 0.3) is 0 Å². The van der Waals surface area contributed by atoms with Crippen molar-refractivity contribution in [3.8, 4) is 0 Å². The van der Waals surface area contributed by atoms with Gasteiger partial charge in [-0.2, -0.15) is 0 Å². The molecule has 0 radical (unpaired) electrons. The lowest BCUT2D eigenvalue weighted by Crippen LogP contribution is -2.24. The molecule has 2 nitrogen and oxygen atoms in total. The third kappa shape index (κ3) is 5.02. The molecule has 20 heavy (non-hydrogen) atoms. The number of halogens is 2. The van der Waals surface area contributed by atoms with Crippen LogP contribution in [0.5, 0.6) is 0 Å². The molecule has 1 aromatic heterocycles. The van der Waals surface area contributed by atoms with Gasteiger partial charge in [-0.25, -0.2) is 0 Å². The molecular weight excluding hydrogens is 333 g/mol. The van der Waals surface area contributed by atoms with Crippen molar-refractivity contribution >= 4 is 52.2 Å². The summed E-state index contributed by atoms with van der Waals surface area (Å²) in [5.74, 6) is 1.33. The molecule has 1 aromatic carbocycles. The maximum absolute atomic E-state index is 11.7. The van der Waals surface area contributed by atoms with E-state index in [-0.39, 0.29) is 5.91 Å². The fourth-order valence-electron chi connectivity index (χ4n) is 1.55. The number of rotatable bonds is 6. The number of thioether (sulfide) groups is 1. The summed E-state index contributed by atoms with van der Waals surface area (Å²) in [6, 6.07) is 9.35. The van der Waals surface area contributed by atoms with Gasteiger partial charge in [0.05, 0.1) is 5.75 Å². The van der Waals surface area contributed by atoms with Crippen LogP contribution in [0.15, 0.2) is 35.7 Å². The summed E-state index contributed by atoms with van der Waals surface area (Å²) in [4.78, 5) is 13.0. The van der Waals surface area contributed by atoms with Crippen LogP contribution in [0, 0.1) is 0 Å². The smallest absolute Gasteiger partial charge is 0.230 e. The number of carbonyl (C=O) groups is 1. The van der Waals surface area contributed by atoms with E-state index in [9.17, 15) is 4.79 Å². The number of thiophene rings is 1. The van der Waals surface area contributed by atoms with E-state index >= 15 is 0 Å². The lowest BCUT2D eigenvalue weighted by atomic mass is 10.2. The molecule has 1 heterocycles.